The summed E-state index contributed by atoms with van der Waals surface area (Å²) in [4.78, 5) is 22.0. The Hall–Kier alpha value is -3.03. The van der Waals surface area contributed by atoms with Gasteiger partial charge in [-0.25, -0.2) is 0 Å². The van der Waals surface area contributed by atoms with Crippen molar-refractivity contribution in [2.24, 2.45) is 0 Å². The number of carbonyl (C=O) groups is 1. The van der Waals surface area contributed by atoms with Crippen LogP contribution < -0.4 is 10.1 Å². The Morgan fingerprint density at radius 3 is 2.36 bits per heavy atom. The van der Waals surface area contributed by atoms with E-state index < -0.39 is 11.5 Å². The Bertz CT molecular complexity index is 779. The summed E-state index contributed by atoms with van der Waals surface area (Å²) in [7, 11) is 0. The van der Waals surface area contributed by atoms with Crippen LogP contribution in [0.1, 0.15) is 35.8 Å². The summed E-state index contributed by atoms with van der Waals surface area (Å²) in [5.74, 6) is -0.236. The highest BCUT2D eigenvalue weighted by atomic mass is 19.3. The van der Waals surface area contributed by atoms with Gasteiger partial charge in [0.25, 0.3) is 5.69 Å². The molecule has 0 saturated heterocycles. The summed E-state index contributed by atoms with van der Waals surface area (Å²) in [6.45, 7) is 0.201. The number of ketones is 1. The van der Waals surface area contributed by atoms with Crippen LogP contribution in [0.15, 0.2) is 42.5 Å². The normalized spacial score (nSPS) is 11.9. The number of alkyl halides is 2. The third kappa shape index (κ3) is 4.72. The molecule has 25 heavy (non-hydrogen) atoms. The maximum absolute atomic E-state index is 12.2. The summed E-state index contributed by atoms with van der Waals surface area (Å²) < 4.78 is 28.6. The highest BCUT2D eigenvalue weighted by Crippen LogP contribution is 2.30. The molecule has 0 fully saturated rings. The van der Waals surface area contributed by atoms with Gasteiger partial charge in [0.15, 0.2) is 5.78 Å². The van der Waals surface area contributed by atoms with E-state index in [0.717, 1.165) is 5.56 Å². The van der Waals surface area contributed by atoms with Gasteiger partial charge in [0, 0.05) is 17.7 Å². The van der Waals surface area contributed by atoms with Gasteiger partial charge in [-0.15, -0.1) is 0 Å². The molecule has 6 nitrogen and oxygen atoms in total. The lowest BCUT2D eigenvalue weighted by atomic mass is 10.1. The Morgan fingerprint density at radius 2 is 1.84 bits per heavy atom. The monoisotopic (exact) mass is 350 g/mol. The number of anilines is 1. The molecular formula is C17H16F2N2O4. The minimum Gasteiger partial charge on any atom is -0.435 e. The van der Waals surface area contributed by atoms with Crippen LogP contribution in [-0.2, 0) is 0 Å². The summed E-state index contributed by atoms with van der Waals surface area (Å²) >= 11 is 0. The molecule has 132 valence electrons. The first-order valence-electron chi connectivity index (χ1n) is 7.38. The van der Waals surface area contributed by atoms with E-state index in [2.05, 4.69) is 10.1 Å². The van der Waals surface area contributed by atoms with E-state index in [4.69, 9.17) is 0 Å². The number of hydrogen-bond donors (Lipinski definition) is 1. The molecule has 1 N–H and O–H groups in total. The molecular weight excluding hydrogens is 334 g/mol. The number of halogens is 2. The zero-order chi connectivity index (χ0) is 18.6. The molecule has 0 aliphatic carbocycles. The third-order valence-electron chi connectivity index (χ3n) is 3.58. The first kappa shape index (κ1) is 18.3. The van der Waals surface area contributed by atoms with Crippen LogP contribution >= 0.6 is 0 Å². The van der Waals surface area contributed by atoms with Crippen LogP contribution in [-0.4, -0.2) is 17.3 Å². The summed E-state index contributed by atoms with van der Waals surface area (Å²) in [6, 6.07) is 9.83. The zero-order valence-electron chi connectivity index (χ0n) is 13.5. The van der Waals surface area contributed by atoms with Crippen molar-refractivity contribution in [3.63, 3.8) is 0 Å². The predicted molar refractivity (Wildman–Crippen MR) is 88.2 cm³/mol. The van der Waals surface area contributed by atoms with Gasteiger partial charge in [-0.3, -0.25) is 14.9 Å². The molecule has 0 aliphatic rings. The minimum atomic E-state index is -2.90. The minimum absolute atomic E-state index is 0.0303. The van der Waals surface area contributed by atoms with E-state index >= 15 is 0 Å². The van der Waals surface area contributed by atoms with E-state index in [9.17, 15) is 23.7 Å². The van der Waals surface area contributed by atoms with Crippen molar-refractivity contribution < 1.29 is 23.2 Å². The fraction of sp³-hybridized carbons (Fsp3) is 0.235. The topological polar surface area (TPSA) is 81.5 Å². The van der Waals surface area contributed by atoms with Crippen LogP contribution in [0.5, 0.6) is 5.75 Å². The van der Waals surface area contributed by atoms with Crippen molar-refractivity contribution in [2.75, 3.05) is 5.32 Å². The number of carbonyl (C=O) groups excluding carboxylic acids is 1. The van der Waals surface area contributed by atoms with Crippen molar-refractivity contribution in [3.05, 3.63) is 63.7 Å². The Morgan fingerprint density at radius 1 is 1.20 bits per heavy atom. The largest absolute Gasteiger partial charge is 0.435 e. The lowest BCUT2D eigenvalue weighted by molar-refractivity contribution is -0.384. The lowest BCUT2D eigenvalue weighted by Crippen LogP contribution is -2.09. The van der Waals surface area contributed by atoms with E-state index in [1.807, 2.05) is 0 Å². The van der Waals surface area contributed by atoms with Crippen LogP contribution in [0, 0.1) is 10.1 Å². The number of nitrogens with zero attached hydrogens (tertiary/aromatic N) is 1. The fourth-order valence-electron chi connectivity index (χ4n) is 2.28. The van der Waals surface area contributed by atoms with Gasteiger partial charge in [-0.1, -0.05) is 12.1 Å². The maximum atomic E-state index is 12.2. The van der Waals surface area contributed by atoms with Gasteiger partial charge >= 0.3 is 6.61 Å². The molecule has 0 saturated carbocycles. The molecule has 0 amide bonds. The van der Waals surface area contributed by atoms with Gasteiger partial charge in [0.1, 0.15) is 11.4 Å². The first-order valence-corrected chi connectivity index (χ1v) is 7.38. The summed E-state index contributed by atoms with van der Waals surface area (Å²) in [5, 5.41) is 14.2. The van der Waals surface area contributed by atoms with Crippen molar-refractivity contribution in [3.8, 4) is 5.75 Å². The van der Waals surface area contributed by atoms with Crippen molar-refractivity contribution >= 4 is 17.2 Å². The molecule has 0 aliphatic heterocycles. The molecule has 0 spiro atoms. The molecule has 2 aromatic carbocycles. The summed E-state index contributed by atoms with van der Waals surface area (Å²) in [6.07, 6.45) is 0. The lowest BCUT2D eigenvalue weighted by Gasteiger charge is -2.16. The maximum Gasteiger partial charge on any atom is 0.387 e. The van der Waals surface area contributed by atoms with Crippen LogP contribution in [0.3, 0.4) is 0 Å². The highest BCUT2D eigenvalue weighted by molar-refractivity contribution is 5.95. The molecule has 0 radical (unpaired) electrons. The van der Waals surface area contributed by atoms with E-state index in [-0.39, 0.29) is 34.5 Å². The second kappa shape index (κ2) is 7.69. The van der Waals surface area contributed by atoms with Gasteiger partial charge in [0.05, 0.1) is 4.92 Å². The average molecular weight is 350 g/mol. The number of benzene rings is 2. The number of Topliss-reactive ketones (excluding diaryl/α,β-unsaturated/α-hetero) is 1. The number of nitrogens with one attached hydrogen (secondary N) is 1. The second-order valence-corrected chi connectivity index (χ2v) is 5.36. The smallest absolute Gasteiger partial charge is 0.387 e. The zero-order valence-corrected chi connectivity index (χ0v) is 13.5. The molecule has 0 aromatic heterocycles. The third-order valence-corrected chi connectivity index (χ3v) is 3.58. The van der Waals surface area contributed by atoms with Crippen molar-refractivity contribution in [2.45, 2.75) is 26.5 Å². The van der Waals surface area contributed by atoms with Crippen LogP contribution in [0.4, 0.5) is 20.2 Å². The molecule has 1 atom stereocenters. The first-order chi connectivity index (χ1) is 11.8. The van der Waals surface area contributed by atoms with Crippen LogP contribution in [0.25, 0.3) is 0 Å². The quantitative estimate of drug-likeness (QED) is 0.449. The number of rotatable bonds is 7. The average Bonchev–Trinajstić information content (AvgIpc) is 2.54. The van der Waals surface area contributed by atoms with E-state index in [1.165, 1.54) is 37.3 Å². The number of ether oxygens (including phenoxy) is 1. The van der Waals surface area contributed by atoms with Gasteiger partial charge in [-0.2, -0.15) is 8.78 Å². The van der Waals surface area contributed by atoms with Gasteiger partial charge < -0.3 is 10.1 Å². The second-order valence-electron chi connectivity index (χ2n) is 5.36. The van der Waals surface area contributed by atoms with Crippen molar-refractivity contribution in [1.82, 2.24) is 0 Å². The standard InChI is InChI=1S/C17H16F2N2O4/c1-10(12-3-6-14(7-4-12)25-17(18)19)20-15-8-5-13(11(2)22)9-16(15)21(23)24/h3-10,17,20H,1-2H3/t10-/m0/s1. The molecule has 0 heterocycles. The predicted octanol–water partition coefficient (Wildman–Crippen LogP) is 4.57. The SMILES string of the molecule is CC(=O)c1ccc(N[C@@H](C)c2ccc(OC(F)F)cc2)c([N+](=O)[O-])c1. The highest BCUT2D eigenvalue weighted by Gasteiger charge is 2.18. The number of hydrogen-bond acceptors (Lipinski definition) is 5. The Balaban J connectivity index is 2.20. The van der Waals surface area contributed by atoms with Crippen molar-refractivity contribution in [1.29, 1.82) is 0 Å². The van der Waals surface area contributed by atoms with Crippen LogP contribution in [0.2, 0.25) is 0 Å². The Kier molecular flexibility index (Phi) is 5.63. The van der Waals surface area contributed by atoms with E-state index in [0.29, 0.717) is 0 Å². The molecule has 8 heteroatoms. The molecule has 0 unspecified atom stereocenters. The molecule has 2 aromatic rings. The molecule has 0 bridgehead atoms. The van der Waals surface area contributed by atoms with E-state index in [1.54, 1.807) is 19.1 Å². The number of nitro groups is 1. The van der Waals surface area contributed by atoms with Gasteiger partial charge in [-0.05, 0) is 43.7 Å². The Labute approximate surface area is 142 Å². The molecule has 2 rings (SSSR count). The number of nitro benzene ring substituents is 1. The fourth-order valence-corrected chi connectivity index (χ4v) is 2.28. The van der Waals surface area contributed by atoms with Gasteiger partial charge in [0.2, 0.25) is 0 Å². The summed E-state index contributed by atoms with van der Waals surface area (Å²) in [5.41, 5.74) is 1.03.